The number of carboxylic acids is 1. The first-order chi connectivity index (χ1) is 14.7. The van der Waals surface area contributed by atoms with E-state index in [1.54, 1.807) is 18.2 Å². The van der Waals surface area contributed by atoms with Crippen LogP contribution in [0.5, 0.6) is 17.2 Å². The van der Waals surface area contributed by atoms with Crippen molar-refractivity contribution in [3.63, 3.8) is 0 Å². The average Bonchev–Trinajstić information content (AvgIpc) is 2.73. The van der Waals surface area contributed by atoms with Crippen molar-refractivity contribution in [2.45, 2.75) is 6.18 Å². The van der Waals surface area contributed by atoms with Crippen LogP contribution >= 0.6 is 0 Å². The van der Waals surface area contributed by atoms with Crippen LogP contribution in [0.3, 0.4) is 0 Å². The number of aromatic carboxylic acids is 1. The molecular weight excluding hydrogens is 416 g/mol. The SMILES string of the molecule is O=C(O)c1cccc(Oc2ccc(F)cc2OC/C=C/c2ccc(C(F)(F)F)cc2)c1. The van der Waals surface area contributed by atoms with E-state index in [4.69, 9.17) is 14.6 Å². The summed E-state index contributed by atoms with van der Waals surface area (Å²) in [6.45, 7) is -0.00397. The van der Waals surface area contributed by atoms with Crippen molar-refractivity contribution in [2.75, 3.05) is 6.61 Å². The number of carboxylic acid groups (broad SMARTS) is 1. The molecule has 0 spiro atoms. The quantitative estimate of drug-likeness (QED) is 0.438. The Labute approximate surface area is 175 Å². The van der Waals surface area contributed by atoms with Gasteiger partial charge in [0.05, 0.1) is 11.1 Å². The predicted molar refractivity (Wildman–Crippen MR) is 106 cm³/mol. The summed E-state index contributed by atoms with van der Waals surface area (Å²) in [6, 6.07) is 14.0. The first kappa shape index (κ1) is 21.9. The Morgan fingerprint density at radius 2 is 1.71 bits per heavy atom. The third kappa shape index (κ3) is 6.08. The van der Waals surface area contributed by atoms with Gasteiger partial charge in [0.15, 0.2) is 11.5 Å². The minimum absolute atomic E-state index is 0.00397. The smallest absolute Gasteiger partial charge is 0.416 e. The standard InChI is InChI=1S/C23H16F4O4/c24-18-10-11-20(31-19-5-1-4-16(13-19)22(28)29)21(14-18)30-12-2-3-15-6-8-17(9-7-15)23(25,26)27/h1-11,13-14H,12H2,(H,28,29)/b3-2+. The number of rotatable bonds is 7. The zero-order valence-corrected chi connectivity index (χ0v) is 15.9. The summed E-state index contributed by atoms with van der Waals surface area (Å²) in [7, 11) is 0. The number of ether oxygens (including phenoxy) is 2. The Kier molecular flexibility index (Phi) is 6.59. The van der Waals surface area contributed by atoms with E-state index in [9.17, 15) is 22.4 Å². The first-order valence-electron chi connectivity index (χ1n) is 9.00. The van der Waals surface area contributed by atoms with Gasteiger partial charge in [0.25, 0.3) is 0 Å². The Morgan fingerprint density at radius 1 is 0.968 bits per heavy atom. The Balaban J connectivity index is 1.68. The first-order valence-corrected chi connectivity index (χ1v) is 9.00. The molecule has 0 aliphatic rings. The summed E-state index contributed by atoms with van der Waals surface area (Å²) >= 11 is 0. The summed E-state index contributed by atoms with van der Waals surface area (Å²) in [6.07, 6.45) is -1.28. The normalized spacial score (nSPS) is 11.5. The van der Waals surface area contributed by atoms with Crippen LogP contribution in [-0.4, -0.2) is 17.7 Å². The summed E-state index contributed by atoms with van der Waals surface area (Å²) in [5.41, 5.74) is -0.172. The van der Waals surface area contributed by atoms with Crippen LogP contribution in [0.4, 0.5) is 17.6 Å². The van der Waals surface area contributed by atoms with Crippen molar-refractivity contribution in [1.29, 1.82) is 0 Å². The fourth-order valence-corrected chi connectivity index (χ4v) is 2.60. The molecule has 0 heterocycles. The summed E-state index contributed by atoms with van der Waals surface area (Å²) in [5, 5.41) is 9.07. The average molecular weight is 432 g/mol. The molecule has 4 nitrogen and oxygen atoms in total. The minimum Gasteiger partial charge on any atom is -0.486 e. The third-order valence-electron chi connectivity index (χ3n) is 4.10. The molecular formula is C23H16F4O4. The molecule has 0 fully saturated rings. The zero-order valence-electron chi connectivity index (χ0n) is 15.9. The van der Waals surface area contributed by atoms with Gasteiger partial charge in [-0.2, -0.15) is 13.2 Å². The van der Waals surface area contributed by atoms with Gasteiger partial charge in [-0.25, -0.2) is 9.18 Å². The lowest BCUT2D eigenvalue weighted by Gasteiger charge is -2.12. The molecule has 0 amide bonds. The highest BCUT2D eigenvalue weighted by molar-refractivity contribution is 5.88. The Bertz CT molecular complexity index is 1090. The van der Waals surface area contributed by atoms with E-state index in [2.05, 4.69) is 0 Å². The summed E-state index contributed by atoms with van der Waals surface area (Å²) in [4.78, 5) is 11.1. The van der Waals surface area contributed by atoms with Gasteiger partial charge in [-0.05, 0) is 54.1 Å². The zero-order chi connectivity index (χ0) is 22.4. The van der Waals surface area contributed by atoms with Crippen LogP contribution in [0.25, 0.3) is 6.08 Å². The van der Waals surface area contributed by atoms with Crippen LogP contribution in [-0.2, 0) is 6.18 Å². The minimum atomic E-state index is -4.40. The highest BCUT2D eigenvalue weighted by Crippen LogP contribution is 2.33. The van der Waals surface area contributed by atoms with Crippen molar-refractivity contribution in [3.8, 4) is 17.2 Å². The molecule has 0 saturated heterocycles. The highest BCUT2D eigenvalue weighted by Gasteiger charge is 2.29. The highest BCUT2D eigenvalue weighted by atomic mass is 19.4. The molecule has 0 bridgehead atoms. The number of hydrogen-bond donors (Lipinski definition) is 1. The van der Waals surface area contributed by atoms with Crippen molar-refractivity contribution >= 4 is 12.0 Å². The molecule has 0 radical (unpaired) electrons. The topological polar surface area (TPSA) is 55.8 Å². The van der Waals surface area contributed by atoms with Crippen LogP contribution in [0.15, 0.2) is 72.8 Å². The lowest BCUT2D eigenvalue weighted by Crippen LogP contribution is -2.04. The molecule has 160 valence electrons. The maximum Gasteiger partial charge on any atom is 0.416 e. The van der Waals surface area contributed by atoms with Gasteiger partial charge >= 0.3 is 12.1 Å². The molecule has 0 saturated carbocycles. The number of hydrogen-bond acceptors (Lipinski definition) is 3. The van der Waals surface area contributed by atoms with Gasteiger partial charge in [0, 0.05) is 6.07 Å². The fraction of sp³-hybridized carbons (Fsp3) is 0.0870. The van der Waals surface area contributed by atoms with E-state index in [0.29, 0.717) is 5.56 Å². The molecule has 0 unspecified atom stereocenters. The van der Waals surface area contributed by atoms with Gasteiger partial charge in [-0.1, -0.05) is 24.3 Å². The lowest BCUT2D eigenvalue weighted by atomic mass is 10.1. The van der Waals surface area contributed by atoms with Crippen molar-refractivity contribution in [1.82, 2.24) is 0 Å². The molecule has 3 aromatic rings. The molecule has 1 N–H and O–H groups in total. The van der Waals surface area contributed by atoms with Crippen molar-refractivity contribution in [3.05, 3.63) is 95.3 Å². The number of benzene rings is 3. The van der Waals surface area contributed by atoms with Crippen LogP contribution in [0.2, 0.25) is 0 Å². The fourth-order valence-electron chi connectivity index (χ4n) is 2.60. The molecule has 8 heteroatoms. The Hall–Kier alpha value is -3.81. The van der Waals surface area contributed by atoms with E-state index in [0.717, 1.165) is 18.2 Å². The van der Waals surface area contributed by atoms with E-state index >= 15 is 0 Å². The molecule has 0 aliphatic carbocycles. The van der Waals surface area contributed by atoms with Gasteiger partial charge < -0.3 is 14.6 Å². The Morgan fingerprint density at radius 3 is 2.39 bits per heavy atom. The van der Waals surface area contributed by atoms with Crippen LogP contribution in [0.1, 0.15) is 21.5 Å². The molecule has 0 aromatic heterocycles. The van der Waals surface area contributed by atoms with E-state index in [-0.39, 0.29) is 29.4 Å². The number of alkyl halides is 3. The molecule has 31 heavy (non-hydrogen) atoms. The molecule has 3 aromatic carbocycles. The second-order valence-electron chi connectivity index (χ2n) is 6.36. The predicted octanol–water partition coefficient (Wildman–Crippen LogP) is 6.43. The lowest BCUT2D eigenvalue weighted by molar-refractivity contribution is -0.137. The largest absolute Gasteiger partial charge is 0.486 e. The van der Waals surface area contributed by atoms with Gasteiger partial charge in [-0.3, -0.25) is 0 Å². The van der Waals surface area contributed by atoms with Crippen molar-refractivity contribution < 1.29 is 36.9 Å². The maximum absolute atomic E-state index is 13.6. The summed E-state index contributed by atoms with van der Waals surface area (Å²) < 4.78 is 62.6. The van der Waals surface area contributed by atoms with Gasteiger partial charge in [0.2, 0.25) is 0 Å². The van der Waals surface area contributed by atoms with E-state index in [1.165, 1.54) is 42.5 Å². The van der Waals surface area contributed by atoms with Crippen molar-refractivity contribution in [2.24, 2.45) is 0 Å². The van der Waals surface area contributed by atoms with Gasteiger partial charge in [0.1, 0.15) is 18.2 Å². The van der Waals surface area contributed by atoms with Crippen LogP contribution < -0.4 is 9.47 Å². The monoisotopic (exact) mass is 432 g/mol. The maximum atomic E-state index is 13.6. The van der Waals surface area contributed by atoms with E-state index in [1.807, 2.05) is 0 Å². The second-order valence-corrected chi connectivity index (χ2v) is 6.36. The number of halogens is 4. The molecule has 3 rings (SSSR count). The number of carbonyl (C=O) groups is 1. The molecule has 0 atom stereocenters. The van der Waals surface area contributed by atoms with E-state index < -0.39 is 23.5 Å². The summed E-state index contributed by atoms with van der Waals surface area (Å²) in [5.74, 6) is -1.19. The molecule has 0 aliphatic heterocycles. The van der Waals surface area contributed by atoms with Gasteiger partial charge in [-0.15, -0.1) is 0 Å². The second kappa shape index (κ2) is 9.34. The third-order valence-corrected chi connectivity index (χ3v) is 4.10. The van der Waals surface area contributed by atoms with Crippen LogP contribution in [0, 0.1) is 5.82 Å².